The number of amidine groups is 1. The number of nitrogens with one attached hydrogen (secondary N) is 1. The molecular formula is C25H21N3O4S. The molecule has 8 heteroatoms. The topological polar surface area (TPSA) is 99.1 Å². The van der Waals surface area contributed by atoms with Crippen LogP contribution < -0.4 is 5.32 Å². The minimum absolute atomic E-state index is 0.00969. The van der Waals surface area contributed by atoms with Crippen molar-refractivity contribution in [2.75, 3.05) is 5.32 Å². The van der Waals surface area contributed by atoms with Gasteiger partial charge in [0, 0.05) is 12.1 Å². The number of para-hydroxylation sites is 1. The van der Waals surface area contributed by atoms with E-state index in [1.54, 1.807) is 17.0 Å². The second-order valence-corrected chi connectivity index (χ2v) is 8.55. The van der Waals surface area contributed by atoms with Crippen molar-refractivity contribution in [1.82, 2.24) is 4.90 Å². The molecule has 0 saturated carbocycles. The maximum atomic E-state index is 13.1. The number of aliphatic imine (C=N–C) groups is 1. The van der Waals surface area contributed by atoms with Gasteiger partial charge in [0.05, 0.1) is 17.8 Å². The van der Waals surface area contributed by atoms with E-state index in [1.165, 1.54) is 23.9 Å². The molecule has 1 saturated heterocycles. The Bertz CT molecular complexity index is 1200. The van der Waals surface area contributed by atoms with E-state index in [1.807, 2.05) is 60.7 Å². The van der Waals surface area contributed by atoms with Gasteiger partial charge in [-0.1, -0.05) is 66.4 Å². The van der Waals surface area contributed by atoms with Crippen LogP contribution in [0.2, 0.25) is 0 Å². The second-order valence-electron chi connectivity index (χ2n) is 7.38. The Morgan fingerprint density at radius 2 is 1.70 bits per heavy atom. The first kappa shape index (κ1) is 22.3. The number of benzene rings is 3. The molecule has 1 aliphatic heterocycles. The fourth-order valence-electron chi connectivity index (χ4n) is 3.33. The molecule has 33 heavy (non-hydrogen) atoms. The van der Waals surface area contributed by atoms with Crippen LogP contribution in [0.15, 0.2) is 89.9 Å². The molecule has 0 aliphatic carbocycles. The summed E-state index contributed by atoms with van der Waals surface area (Å²) in [4.78, 5) is 43.5. The molecule has 7 nitrogen and oxygen atoms in total. The number of carboxylic acid groups (broad SMARTS) is 1. The van der Waals surface area contributed by atoms with Gasteiger partial charge < -0.3 is 10.4 Å². The van der Waals surface area contributed by atoms with Crippen molar-refractivity contribution in [1.29, 1.82) is 0 Å². The highest BCUT2D eigenvalue weighted by atomic mass is 32.2. The Hall–Kier alpha value is -3.91. The highest BCUT2D eigenvalue weighted by molar-refractivity contribution is 8.15. The first-order chi connectivity index (χ1) is 16.0. The van der Waals surface area contributed by atoms with Gasteiger partial charge in [0.15, 0.2) is 5.17 Å². The summed E-state index contributed by atoms with van der Waals surface area (Å²) in [5.41, 5.74) is 2.07. The van der Waals surface area contributed by atoms with E-state index in [0.717, 1.165) is 5.56 Å². The number of amides is 2. The van der Waals surface area contributed by atoms with E-state index < -0.39 is 11.2 Å². The fourth-order valence-corrected chi connectivity index (χ4v) is 4.43. The van der Waals surface area contributed by atoms with Crippen molar-refractivity contribution in [3.8, 4) is 0 Å². The predicted octanol–water partition coefficient (Wildman–Crippen LogP) is 4.55. The van der Waals surface area contributed by atoms with Crippen LogP contribution in [-0.2, 0) is 16.1 Å². The van der Waals surface area contributed by atoms with Crippen molar-refractivity contribution in [3.05, 3.63) is 96.1 Å². The summed E-state index contributed by atoms with van der Waals surface area (Å²) in [6.07, 6.45) is 0.00969. The Morgan fingerprint density at radius 1 is 1.00 bits per heavy atom. The van der Waals surface area contributed by atoms with Crippen LogP contribution in [0.4, 0.5) is 11.4 Å². The van der Waals surface area contributed by atoms with E-state index in [4.69, 9.17) is 5.11 Å². The molecule has 1 atom stereocenters. The molecule has 3 aromatic carbocycles. The normalized spacial score (nSPS) is 17.1. The SMILES string of the molecule is O=C(O)c1cccc(NC(=O)C2CC(=O)N(Cc3ccccc3)C(=Nc3ccccc3)S2)c1. The van der Waals surface area contributed by atoms with Gasteiger partial charge in [-0.05, 0) is 35.9 Å². The molecule has 166 valence electrons. The smallest absolute Gasteiger partial charge is 0.335 e. The number of aromatic carboxylic acids is 1. The zero-order chi connectivity index (χ0) is 23.2. The lowest BCUT2D eigenvalue weighted by atomic mass is 10.1. The number of hydrogen-bond acceptors (Lipinski definition) is 5. The van der Waals surface area contributed by atoms with Crippen LogP contribution in [0, 0.1) is 0 Å². The summed E-state index contributed by atoms with van der Waals surface area (Å²) in [5.74, 6) is -1.66. The lowest BCUT2D eigenvalue weighted by Gasteiger charge is -2.32. The van der Waals surface area contributed by atoms with Crippen molar-refractivity contribution < 1.29 is 19.5 Å². The van der Waals surface area contributed by atoms with Crippen LogP contribution in [0.5, 0.6) is 0 Å². The van der Waals surface area contributed by atoms with Crippen LogP contribution in [-0.4, -0.2) is 38.2 Å². The number of rotatable bonds is 6. The third-order valence-corrected chi connectivity index (χ3v) is 6.16. The van der Waals surface area contributed by atoms with E-state index in [-0.39, 0.29) is 23.8 Å². The molecule has 2 N–H and O–H groups in total. The summed E-state index contributed by atoms with van der Waals surface area (Å²) in [6, 6.07) is 24.9. The second kappa shape index (κ2) is 10.1. The minimum atomic E-state index is -1.08. The summed E-state index contributed by atoms with van der Waals surface area (Å²) >= 11 is 1.22. The molecule has 0 radical (unpaired) electrons. The Morgan fingerprint density at radius 3 is 2.39 bits per heavy atom. The van der Waals surface area contributed by atoms with E-state index in [0.29, 0.717) is 23.1 Å². The lowest BCUT2D eigenvalue weighted by Crippen LogP contribution is -2.44. The Labute approximate surface area is 195 Å². The zero-order valence-corrected chi connectivity index (χ0v) is 18.4. The molecule has 1 fully saturated rings. The highest BCUT2D eigenvalue weighted by Crippen LogP contribution is 2.31. The summed E-state index contributed by atoms with van der Waals surface area (Å²) in [5, 5.41) is 11.6. The molecule has 0 spiro atoms. The van der Waals surface area contributed by atoms with E-state index >= 15 is 0 Å². The lowest BCUT2D eigenvalue weighted by molar-refractivity contribution is -0.129. The summed E-state index contributed by atoms with van der Waals surface area (Å²) in [6.45, 7) is 0.355. The van der Waals surface area contributed by atoms with Gasteiger partial charge in [0.1, 0.15) is 5.25 Å². The van der Waals surface area contributed by atoms with Crippen LogP contribution >= 0.6 is 11.8 Å². The van der Waals surface area contributed by atoms with Crippen molar-refractivity contribution >= 4 is 46.1 Å². The number of carbonyl (C=O) groups is 3. The van der Waals surface area contributed by atoms with E-state index in [2.05, 4.69) is 10.3 Å². The number of hydrogen-bond donors (Lipinski definition) is 2. The summed E-state index contributed by atoms with van der Waals surface area (Å²) in [7, 11) is 0. The van der Waals surface area contributed by atoms with Crippen molar-refractivity contribution in [2.45, 2.75) is 18.2 Å². The maximum Gasteiger partial charge on any atom is 0.335 e. The van der Waals surface area contributed by atoms with Gasteiger partial charge in [-0.2, -0.15) is 0 Å². The molecule has 1 heterocycles. The van der Waals surface area contributed by atoms with Crippen LogP contribution in [0.25, 0.3) is 0 Å². The third-order valence-electron chi connectivity index (χ3n) is 4.97. The van der Waals surface area contributed by atoms with Gasteiger partial charge >= 0.3 is 5.97 Å². The van der Waals surface area contributed by atoms with Gasteiger partial charge in [-0.3, -0.25) is 14.5 Å². The quantitative estimate of drug-likeness (QED) is 0.564. The molecule has 0 aromatic heterocycles. The monoisotopic (exact) mass is 459 g/mol. The van der Waals surface area contributed by atoms with Gasteiger partial charge in [0.2, 0.25) is 11.8 Å². The Balaban J connectivity index is 1.57. The molecule has 1 unspecified atom stereocenters. The predicted molar refractivity (Wildman–Crippen MR) is 129 cm³/mol. The maximum absolute atomic E-state index is 13.1. The molecule has 1 aliphatic rings. The fraction of sp³-hybridized carbons (Fsp3) is 0.120. The molecular weight excluding hydrogens is 438 g/mol. The summed E-state index contributed by atoms with van der Waals surface area (Å²) < 4.78 is 0. The number of carbonyl (C=O) groups excluding carboxylic acids is 2. The number of thioether (sulfide) groups is 1. The third kappa shape index (κ3) is 5.67. The first-order valence-electron chi connectivity index (χ1n) is 10.3. The first-order valence-corrected chi connectivity index (χ1v) is 11.2. The number of carboxylic acids is 1. The van der Waals surface area contributed by atoms with Gasteiger partial charge in [0.25, 0.3) is 0 Å². The van der Waals surface area contributed by atoms with Gasteiger partial charge in [-0.25, -0.2) is 9.79 Å². The van der Waals surface area contributed by atoms with Crippen molar-refractivity contribution in [3.63, 3.8) is 0 Å². The van der Waals surface area contributed by atoms with Gasteiger partial charge in [-0.15, -0.1) is 0 Å². The largest absolute Gasteiger partial charge is 0.478 e. The van der Waals surface area contributed by atoms with Crippen LogP contribution in [0.3, 0.4) is 0 Å². The number of anilines is 1. The molecule has 3 aromatic rings. The molecule has 4 rings (SSSR count). The minimum Gasteiger partial charge on any atom is -0.478 e. The van der Waals surface area contributed by atoms with Crippen molar-refractivity contribution in [2.24, 2.45) is 4.99 Å². The highest BCUT2D eigenvalue weighted by Gasteiger charge is 2.36. The molecule has 2 amide bonds. The molecule has 0 bridgehead atoms. The average molecular weight is 460 g/mol. The number of nitrogens with zero attached hydrogens (tertiary/aromatic N) is 2. The average Bonchev–Trinajstić information content (AvgIpc) is 2.82. The van der Waals surface area contributed by atoms with Crippen LogP contribution in [0.1, 0.15) is 22.3 Å². The standard InChI is InChI=1S/C25H21N3O4S/c29-22-15-21(23(30)26-20-13-7-10-18(14-20)24(31)32)33-25(27-19-11-5-2-6-12-19)28(22)16-17-8-3-1-4-9-17/h1-14,21H,15-16H2,(H,26,30)(H,31,32). The zero-order valence-electron chi connectivity index (χ0n) is 17.5. The Kier molecular flexibility index (Phi) is 6.85. The van der Waals surface area contributed by atoms with E-state index in [9.17, 15) is 14.4 Å².